The van der Waals surface area contributed by atoms with Crippen molar-refractivity contribution in [2.24, 2.45) is 10.2 Å². The molecule has 1 aromatic heterocycles. The Hall–Kier alpha value is -2.49. The zero-order valence-electron chi connectivity index (χ0n) is 14.6. The number of aromatic nitrogens is 2. The lowest BCUT2D eigenvalue weighted by molar-refractivity contribution is -0.122. The summed E-state index contributed by atoms with van der Waals surface area (Å²) in [6, 6.07) is 4.08. The first kappa shape index (κ1) is 17.3. The van der Waals surface area contributed by atoms with Crippen LogP contribution >= 0.6 is 0 Å². The largest absolute Gasteiger partial charge is 0.353 e. The van der Waals surface area contributed by atoms with Crippen LogP contribution in [0.5, 0.6) is 0 Å². The van der Waals surface area contributed by atoms with Crippen molar-refractivity contribution in [2.45, 2.75) is 57.2 Å². The molecule has 0 aliphatic carbocycles. The molecule has 3 rings (SSSR count). The lowest BCUT2D eigenvalue weighted by atomic mass is 10.0. The molecule has 2 aliphatic heterocycles. The lowest BCUT2D eigenvalue weighted by Crippen LogP contribution is -2.48. The van der Waals surface area contributed by atoms with Gasteiger partial charge >= 0.3 is 0 Å². The van der Waals surface area contributed by atoms with Gasteiger partial charge in [0.1, 0.15) is 0 Å². The molecule has 2 aliphatic rings. The van der Waals surface area contributed by atoms with E-state index in [-0.39, 0.29) is 17.6 Å². The molecule has 0 spiro atoms. The van der Waals surface area contributed by atoms with Crippen LogP contribution in [0.4, 0.5) is 5.82 Å². The van der Waals surface area contributed by atoms with Crippen LogP contribution in [0.25, 0.3) is 0 Å². The van der Waals surface area contributed by atoms with E-state index in [1.165, 1.54) is 0 Å². The molecule has 1 amide bonds. The second kappa shape index (κ2) is 7.60. The highest BCUT2D eigenvalue weighted by atomic mass is 16.1. The van der Waals surface area contributed by atoms with E-state index >= 15 is 0 Å². The Bertz CT molecular complexity index is 672. The fourth-order valence-electron chi connectivity index (χ4n) is 3.15. The summed E-state index contributed by atoms with van der Waals surface area (Å²) in [5, 5.41) is 19.6. The van der Waals surface area contributed by atoms with E-state index in [2.05, 4.69) is 36.6 Å². The molecule has 7 nitrogen and oxygen atoms in total. The summed E-state index contributed by atoms with van der Waals surface area (Å²) >= 11 is 0. The number of terminal acetylenes is 1. The molecule has 0 bridgehead atoms. The van der Waals surface area contributed by atoms with E-state index in [1.54, 1.807) is 0 Å². The van der Waals surface area contributed by atoms with Crippen molar-refractivity contribution in [1.82, 2.24) is 15.5 Å². The summed E-state index contributed by atoms with van der Waals surface area (Å²) in [6.07, 6.45) is 9.74. The Morgan fingerprint density at radius 2 is 2.24 bits per heavy atom. The van der Waals surface area contributed by atoms with Gasteiger partial charge in [-0.2, -0.15) is 15.3 Å². The molecule has 0 saturated carbocycles. The maximum atomic E-state index is 12.3. The van der Waals surface area contributed by atoms with Gasteiger partial charge in [0.25, 0.3) is 0 Å². The average molecular weight is 340 g/mol. The summed E-state index contributed by atoms with van der Waals surface area (Å²) in [4.78, 5) is 14.4. The SMILES string of the molecule is C#CCCC1(CCC(=O)NC2CCCN(c3ccc(C)nn3)C2)N=N1. The fraction of sp³-hybridized carbons (Fsp3) is 0.611. The number of rotatable bonds is 7. The number of nitrogens with one attached hydrogen (secondary N) is 1. The minimum atomic E-state index is -0.389. The first-order valence-electron chi connectivity index (χ1n) is 8.82. The van der Waals surface area contributed by atoms with Crippen molar-refractivity contribution in [3.05, 3.63) is 17.8 Å². The predicted octanol–water partition coefficient (Wildman–Crippen LogP) is 2.23. The quantitative estimate of drug-likeness (QED) is 0.772. The maximum absolute atomic E-state index is 12.3. The molecule has 0 aromatic carbocycles. The van der Waals surface area contributed by atoms with Crippen molar-refractivity contribution in [3.8, 4) is 12.3 Å². The third-order valence-corrected chi connectivity index (χ3v) is 4.70. The van der Waals surface area contributed by atoms with Gasteiger partial charge in [0.2, 0.25) is 5.91 Å². The normalized spacial score (nSPS) is 20.8. The van der Waals surface area contributed by atoms with Crippen LogP contribution in [-0.4, -0.2) is 40.9 Å². The number of amides is 1. The van der Waals surface area contributed by atoms with Gasteiger partial charge in [0.05, 0.1) is 5.69 Å². The van der Waals surface area contributed by atoms with Crippen LogP contribution in [-0.2, 0) is 4.79 Å². The summed E-state index contributed by atoms with van der Waals surface area (Å²) in [7, 11) is 0. The number of hydrogen-bond donors (Lipinski definition) is 1. The van der Waals surface area contributed by atoms with Gasteiger partial charge in [0, 0.05) is 44.8 Å². The number of carbonyl (C=O) groups is 1. The third kappa shape index (κ3) is 4.75. The van der Waals surface area contributed by atoms with Gasteiger partial charge in [-0.3, -0.25) is 4.79 Å². The van der Waals surface area contributed by atoms with Crippen molar-refractivity contribution < 1.29 is 4.79 Å². The molecule has 3 heterocycles. The number of aryl methyl sites for hydroxylation is 1. The number of nitrogens with zero attached hydrogens (tertiary/aromatic N) is 5. The number of carbonyl (C=O) groups excluding carboxylic acids is 1. The maximum Gasteiger partial charge on any atom is 0.220 e. The second-order valence-electron chi connectivity index (χ2n) is 6.77. The van der Waals surface area contributed by atoms with Gasteiger partial charge in [-0.1, -0.05) is 0 Å². The zero-order valence-corrected chi connectivity index (χ0v) is 14.6. The molecule has 1 unspecified atom stereocenters. The van der Waals surface area contributed by atoms with E-state index in [9.17, 15) is 4.79 Å². The molecule has 1 aromatic rings. The second-order valence-corrected chi connectivity index (χ2v) is 6.77. The molecule has 132 valence electrons. The number of hydrogen-bond acceptors (Lipinski definition) is 6. The Kier molecular flexibility index (Phi) is 5.27. The number of anilines is 1. The van der Waals surface area contributed by atoms with Crippen LogP contribution in [0.1, 0.15) is 44.2 Å². The first-order chi connectivity index (χ1) is 12.1. The van der Waals surface area contributed by atoms with Crippen molar-refractivity contribution in [1.29, 1.82) is 0 Å². The van der Waals surface area contributed by atoms with E-state index in [1.807, 2.05) is 19.1 Å². The van der Waals surface area contributed by atoms with Gasteiger partial charge in [-0.15, -0.1) is 17.4 Å². The molecule has 1 atom stereocenters. The summed E-state index contributed by atoms with van der Waals surface area (Å²) in [5.74, 6) is 3.53. The van der Waals surface area contributed by atoms with Gasteiger partial charge in [0.15, 0.2) is 11.5 Å². The monoisotopic (exact) mass is 340 g/mol. The van der Waals surface area contributed by atoms with Crippen LogP contribution < -0.4 is 10.2 Å². The topological polar surface area (TPSA) is 82.8 Å². The molecular weight excluding hydrogens is 316 g/mol. The molecule has 1 N–H and O–H groups in total. The van der Waals surface area contributed by atoms with E-state index < -0.39 is 0 Å². The summed E-state index contributed by atoms with van der Waals surface area (Å²) in [5.41, 5.74) is 0.514. The molecule has 0 radical (unpaired) electrons. The Labute approximate surface area is 148 Å². The summed E-state index contributed by atoms with van der Waals surface area (Å²) < 4.78 is 0. The van der Waals surface area contributed by atoms with Crippen molar-refractivity contribution in [3.63, 3.8) is 0 Å². The number of piperidine rings is 1. The van der Waals surface area contributed by atoms with Crippen molar-refractivity contribution in [2.75, 3.05) is 18.0 Å². The van der Waals surface area contributed by atoms with Crippen LogP contribution in [0.2, 0.25) is 0 Å². The fourth-order valence-corrected chi connectivity index (χ4v) is 3.15. The molecule has 1 fully saturated rings. The first-order valence-corrected chi connectivity index (χ1v) is 8.82. The Morgan fingerprint density at radius 1 is 1.40 bits per heavy atom. The standard InChI is InChI=1S/C18H24N6O/c1-3-4-10-18(22-23-18)11-9-17(25)19-15-6-5-12-24(13-15)16-8-7-14(2)20-21-16/h1,7-8,15H,4-6,9-13H2,2H3,(H,19,25). The van der Waals surface area contributed by atoms with Gasteiger partial charge < -0.3 is 10.2 Å². The lowest BCUT2D eigenvalue weighted by Gasteiger charge is -2.33. The highest BCUT2D eigenvalue weighted by molar-refractivity contribution is 5.76. The van der Waals surface area contributed by atoms with E-state index in [0.29, 0.717) is 19.3 Å². The van der Waals surface area contributed by atoms with E-state index in [4.69, 9.17) is 6.42 Å². The van der Waals surface area contributed by atoms with Crippen molar-refractivity contribution >= 4 is 11.7 Å². The minimum absolute atomic E-state index is 0.0548. The predicted molar refractivity (Wildman–Crippen MR) is 95.0 cm³/mol. The molecule has 1 saturated heterocycles. The van der Waals surface area contributed by atoms with Gasteiger partial charge in [-0.05, 0) is 31.9 Å². The highest BCUT2D eigenvalue weighted by Crippen LogP contribution is 2.37. The average Bonchev–Trinajstić information content (AvgIpc) is 3.40. The Balaban J connectivity index is 1.45. The molecular formula is C18H24N6O. The van der Waals surface area contributed by atoms with Crippen LogP contribution in [0.15, 0.2) is 22.4 Å². The Morgan fingerprint density at radius 3 is 2.92 bits per heavy atom. The molecule has 7 heteroatoms. The van der Waals surface area contributed by atoms with Crippen LogP contribution in [0, 0.1) is 19.3 Å². The van der Waals surface area contributed by atoms with Gasteiger partial charge in [-0.25, -0.2) is 0 Å². The summed E-state index contributed by atoms with van der Waals surface area (Å²) in [6.45, 7) is 3.63. The van der Waals surface area contributed by atoms with Crippen LogP contribution in [0.3, 0.4) is 0 Å². The third-order valence-electron chi connectivity index (χ3n) is 4.70. The zero-order chi connectivity index (χ0) is 17.7. The van der Waals surface area contributed by atoms with E-state index in [0.717, 1.165) is 43.9 Å². The minimum Gasteiger partial charge on any atom is -0.353 e. The smallest absolute Gasteiger partial charge is 0.220 e. The highest BCUT2D eigenvalue weighted by Gasteiger charge is 2.39. The molecule has 25 heavy (non-hydrogen) atoms.